The first-order chi connectivity index (χ1) is 6.61. The topological polar surface area (TPSA) is 17.1 Å². The van der Waals surface area contributed by atoms with Crippen LogP contribution in [0, 0.1) is 3.57 Å². The van der Waals surface area contributed by atoms with Crippen LogP contribution in [0.5, 0.6) is 0 Å². The van der Waals surface area contributed by atoms with Gasteiger partial charge in [0.2, 0.25) is 0 Å². The predicted molar refractivity (Wildman–Crippen MR) is 67.5 cm³/mol. The fraction of sp³-hybridized carbons (Fsp3) is 0.250. The number of ketones is 1. The lowest BCUT2D eigenvalue weighted by atomic mass is 10.0. The Hall–Kier alpha value is -0.640. The van der Waals surface area contributed by atoms with E-state index < -0.39 is 0 Å². The molecule has 0 atom stereocenters. The monoisotopic (exact) mass is 300 g/mol. The number of rotatable bonds is 4. The maximum atomic E-state index is 11.7. The van der Waals surface area contributed by atoms with Crippen LogP contribution in [0.25, 0.3) is 0 Å². The second kappa shape index (κ2) is 5.29. The van der Waals surface area contributed by atoms with Gasteiger partial charge in [0.25, 0.3) is 0 Å². The second-order valence-electron chi connectivity index (χ2n) is 3.36. The molecule has 0 saturated heterocycles. The van der Waals surface area contributed by atoms with Gasteiger partial charge < -0.3 is 0 Å². The highest BCUT2D eigenvalue weighted by molar-refractivity contribution is 14.1. The average Bonchev–Trinajstić information content (AvgIpc) is 2.15. The predicted octanol–water partition coefficient (Wildman–Crippen LogP) is 3.83. The van der Waals surface area contributed by atoms with E-state index >= 15 is 0 Å². The van der Waals surface area contributed by atoms with Gasteiger partial charge in [0.15, 0.2) is 5.78 Å². The van der Waals surface area contributed by atoms with Crippen molar-refractivity contribution in [3.8, 4) is 0 Å². The van der Waals surface area contributed by atoms with Crippen LogP contribution in [-0.2, 0) is 0 Å². The number of hydrogen-bond donors (Lipinski definition) is 0. The highest BCUT2D eigenvalue weighted by atomic mass is 127. The average molecular weight is 300 g/mol. The van der Waals surface area contributed by atoms with E-state index in [1.165, 1.54) is 0 Å². The van der Waals surface area contributed by atoms with E-state index in [0.29, 0.717) is 6.42 Å². The van der Waals surface area contributed by atoms with Gasteiger partial charge in [-0.3, -0.25) is 4.79 Å². The largest absolute Gasteiger partial charge is 0.294 e. The van der Waals surface area contributed by atoms with Crippen molar-refractivity contribution in [1.82, 2.24) is 0 Å². The molecule has 0 saturated carbocycles. The fourth-order valence-corrected chi connectivity index (χ4v) is 1.84. The summed E-state index contributed by atoms with van der Waals surface area (Å²) in [5.74, 6) is 0.206. The zero-order chi connectivity index (χ0) is 10.6. The zero-order valence-corrected chi connectivity index (χ0v) is 10.4. The lowest BCUT2D eigenvalue weighted by molar-refractivity contribution is 0.0982. The van der Waals surface area contributed by atoms with Crippen molar-refractivity contribution in [1.29, 1.82) is 0 Å². The Labute approximate surface area is 98.4 Å². The third-order valence-corrected chi connectivity index (χ3v) is 2.89. The molecule has 0 fully saturated rings. The summed E-state index contributed by atoms with van der Waals surface area (Å²) < 4.78 is 1.02. The molecule has 14 heavy (non-hydrogen) atoms. The maximum absolute atomic E-state index is 11.7. The van der Waals surface area contributed by atoms with E-state index in [-0.39, 0.29) is 5.78 Å². The normalized spacial score (nSPS) is 9.86. The molecule has 0 amide bonds. The van der Waals surface area contributed by atoms with Crippen LogP contribution in [0.3, 0.4) is 0 Å². The van der Waals surface area contributed by atoms with Crippen molar-refractivity contribution in [2.24, 2.45) is 0 Å². The van der Waals surface area contributed by atoms with Gasteiger partial charge in [0, 0.05) is 15.6 Å². The molecule has 0 aliphatic heterocycles. The molecule has 2 heteroatoms. The van der Waals surface area contributed by atoms with Crippen molar-refractivity contribution in [3.05, 3.63) is 45.6 Å². The molecule has 0 heterocycles. The van der Waals surface area contributed by atoms with E-state index in [0.717, 1.165) is 21.1 Å². The summed E-state index contributed by atoms with van der Waals surface area (Å²) in [6.45, 7) is 5.74. The lowest BCUT2D eigenvalue weighted by Crippen LogP contribution is -2.01. The summed E-state index contributed by atoms with van der Waals surface area (Å²) in [5.41, 5.74) is 1.89. The van der Waals surface area contributed by atoms with E-state index in [4.69, 9.17) is 0 Å². The van der Waals surface area contributed by atoms with Crippen molar-refractivity contribution >= 4 is 28.4 Å². The first-order valence-electron chi connectivity index (χ1n) is 4.53. The van der Waals surface area contributed by atoms with Crippen LogP contribution in [-0.4, -0.2) is 5.78 Å². The molecule has 0 aliphatic rings. The summed E-state index contributed by atoms with van der Waals surface area (Å²) in [4.78, 5) is 11.7. The molecular weight excluding hydrogens is 287 g/mol. The summed E-state index contributed by atoms with van der Waals surface area (Å²) in [5, 5.41) is 0. The van der Waals surface area contributed by atoms with Gasteiger partial charge in [0.05, 0.1) is 0 Å². The molecular formula is C12H13IO. The van der Waals surface area contributed by atoms with Crippen LogP contribution >= 0.6 is 22.6 Å². The van der Waals surface area contributed by atoms with E-state index in [1.54, 1.807) is 0 Å². The van der Waals surface area contributed by atoms with Crippen molar-refractivity contribution < 1.29 is 4.79 Å². The Morgan fingerprint density at radius 3 is 2.57 bits per heavy atom. The van der Waals surface area contributed by atoms with Gasteiger partial charge in [0.1, 0.15) is 0 Å². The first-order valence-corrected chi connectivity index (χ1v) is 5.61. The lowest BCUT2D eigenvalue weighted by Gasteiger charge is -2.02. The van der Waals surface area contributed by atoms with E-state index in [2.05, 4.69) is 29.2 Å². The van der Waals surface area contributed by atoms with Gasteiger partial charge in [-0.1, -0.05) is 23.8 Å². The number of benzene rings is 1. The van der Waals surface area contributed by atoms with Crippen LogP contribution in [0.4, 0.5) is 0 Å². The van der Waals surface area contributed by atoms with Crippen molar-refractivity contribution in [2.45, 2.75) is 19.8 Å². The molecule has 0 spiro atoms. The van der Waals surface area contributed by atoms with Crippen LogP contribution in [0.2, 0.25) is 0 Å². The number of halogens is 1. The number of carbonyl (C=O) groups excluding carboxylic acids is 1. The maximum Gasteiger partial charge on any atom is 0.164 e. The fourth-order valence-electron chi connectivity index (χ4n) is 1.15. The molecule has 1 rings (SSSR count). The number of hydrogen-bond acceptors (Lipinski definition) is 1. The molecule has 1 aromatic carbocycles. The Bertz CT molecular complexity index is 355. The van der Waals surface area contributed by atoms with Gasteiger partial charge in [-0.05, 0) is 42.0 Å². The minimum absolute atomic E-state index is 0.206. The molecule has 0 unspecified atom stereocenters. The molecule has 0 bridgehead atoms. The van der Waals surface area contributed by atoms with Crippen molar-refractivity contribution in [2.75, 3.05) is 0 Å². The Balaban J connectivity index is 2.70. The number of carbonyl (C=O) groups is 1. The summed E-state index contributed by atoms with van der Waals surface area (Å²) in [7, 11) is 0. The minimum Gasteiger partial charge on any atom is -0.294 e. The standard InChI is InChI=1S/C12H13IO/c1-9(2)7-8-12(14)10-5-3-4-6-11(10)13/h3-6H,1,7-8H2,2H3. The number of allylic oxidation sites excluding steroid dienone is 1. The van der Waals surface area contributed by atoms with Crippen molar-refractivity contribution in [3.63, 3.8) is 0 Å². The van der Waals surface area contributed by atoms with E-state index in [9.17, 15) is 4.79 Å². The summed E-state index contributed by atoms with van der Waals surface area (Å²) in [6.07, 6.45) is 1.35. The molecule has 1 nitrogen and oxygen atoms in total. The Morgan fingerprint density at radius 1 is 1.36 bits per heavy atom. The van der Waals surface area contributed by atoms with E-state index in [1.807, 2.05) is 31.2 Å². The van der Waals surface area contributed by atoms with Crippen LogP contribution in [0.1, 0.15) is 30.1 Å². The smallest absolute Gasteiger partial charge is 0.164 e. The quantitative estimate of drug-likeness (QED) is 0.469. The van der Waals surface area contributed by atoms with Gasteiger partial charge in [-0.2, -0.15) is 0 Å². The first kappa shape index (κ1) is 11.4. The summed E-state index contributed by atoms with van der Waals surface area (Å²) in [6, 6.07) is 7.67. The zero-order valence-electron chi connectivity index (χ0n) is 8.22. The molecule has 0 N–H and O–H groups in total. The molecule has 1 aromatic rings. The van der Waals surface area contributed by atoms with Crippen LogP contribution < -0.4 is 0 Å². The van der Waals surface area contributed by atoms with Gasteiger partial charge >= 0.3 is 0 Å². The number of Topliss-reactive ketones (excluding diaryl/α,β-unsaturated/α-hetero) is 1. The second-order valence-corrected chi connectivity index (χ2v) is 4.52. The third kappa shape index (κ3) is 3.25. The van der Waals surface area contributed by atoms with Gasteiger partial charge in [-0.15, -0.1) is 6.58 Å². The third-order valence-electron chi connectivity index (χ3n) is 1.95. The van der Waals surface area contributed by atoms with Gasteiger partial charge in [-0.25, -0.2) is 0 Å². The molecule has 0 aliphatic carbocycles. The van der Waals surface area contributed by atoms with Crippen LogP contribution in [0.15, 0.2) is 36.4 Å². The minimum atomic E-state index is 0.206. The highest BCUT2D eigenvalue weighted by Crippen LogP contribution is 2.15. The Kier molecular flexibility index (Phi) is 4.32. The summed E-state index contributed by atoms with van der Waals surface area (Å²) >= 11 is 2.19. The Morgan fingerprint density at radius 2 is 2.00 bits per heavy atom. The SMILES string of the molecule is C=C(C)CCC(=O)c1ccccc1I. The highest BCUT2D eigenvalue weighted by Gasteiger charge is 2.08. The molecule has 0 radical (unpaired) electrons. The molecule has 74 valence electrons. The molecule has 0 aromatic heterocycles.